The molecule has 2 aliphatic rings. The van der Waals surface area contributed by atoms with Gasteiger partial charge in [-0.1, -0.05) is 59.6 Å². The molecular weight excluding hydrogens is 630 g/mol. The number of sulfonamides is 1. The van der Waals surface area contributed by atoms with Crippen LogP contribution in [0.5, 0.6) is 0 Å². The summed E-state index contributed by atoms with van der Waals surface area (Å²) in [6, 6.07) is 17.6. The Morgan fingerprint density at radius 1 is 0.977 bits per heavy atom. The highest BCUT2D eigenvalue weighted by Gasteiger charge is 2.52. The van der Waals surface area contributed by atoms with Crippen LogP contribution in [-0.2, 0) is 26.8 Å². The number of primary amides is 1. The van der Waals surface area contributed by atoms with E-state index in [-0.39, 0.29) is 49.4 Å². The number of amides is 3. The quantitative estimate of drug-likeness (QED) is 0.312. The standard InChI is InChI=1S/C30H27Cl2FN6O4S/c1-30(17-19-5-7-20(8-6-19)21-3-2-4-24(33)13-21)27(40)38(25-15-22(31)14-23(32)16-25)29-35-18-26(39(29)30)44(42,43)37-11-9-36(10-12-37)28(34)41/h2-8,13-16,18H,9-12,17H2,1H3,(H2,34,41). The second-order valence-electron chi connectivity index (χ2n) is 10.9. The van der Waals surface area contributed by atoms with E-state index in [2.05, 4.69) is 4.98 Å². The number of hydrogen-bond acceptors (Lipinski definition) is 5. The fourth-order valence-electron chi connectivity index (χ4n) is 5.78. The average Bonchev–Trinajstić information content (AvgIpc) is 3.51. The van der Waals surface area contributed by atoms with Crippen molar-refractivity contribution in [3.05, 3.63) is 94.4 Å². The van der Waals surface area contributed by atoms with E-state index in [1.807, 2.05) is 24.3 Å². The number of aromatic nitrogens is 2. The first-order valence-electron chi connectivity index (χ1n) is 13.7. The topological polar surface area (TPSA) is 122 Å². The molecule has 2 N–H and O–H groups in total. The maximum atomic E-state index is 14.3. The summed E-state index contributed by atoms with van der Waals surface area (Å²) in [6.07, 6.45) is 1.35. The van der Waals surface area contributed by atoms with Crippen molar-refractivity contribution in [2.45, 2.75) is 23.9 Å². The van der Waals surface area contributed by atoms with Gasteiger partial charge in [0.2, 0.25) is 5.95 Å². The minimum Gasteiger partial charge on any atom is -0.351 e. The molecule has 0 spiro atoms. The Bertz CT molecular complexity index is 1870. The van der Waals surface area contributed by atoms with Gasteiger partial charge < -0.3 is 10.6 Å². The molecule has 228 valence electrons. The number of piperazine rings is 1. The number of hydrogen-bond donors (Lipinski definition) is 1. The smallest absolute Gasteiger partial charge is 0.314 e. The van der Waals surface area contributed by atoms with Crippen molar-refractivity contribution >= 4 is 56.8 Å². The van der Waals surface area contributed by atoms with Gasteiger partial charge in [0.15, 0.2) is 5.03 Å². The number of rotatable bonds is 6. The van der Waals surface area contributed by atoms with E-state index in [0.29, 0.717) is 21.3 Å². The summed E-state index contributed by atoms with van der Waals surface area (Å²) in [5.74, 6) is -0.682. The summed E-state index contributed by atoms with van der Waals surface area (Å²) >= 11 is 12.6. The van der Waals surface area contributed by atoms with Crippen molar-refractivity contribution in [3.63, 3.8) is 0 Å². The Morgan fingerprint density at radius 2 is 1.64 bits per heavy atom. The molecule has 0 aliphatic carbocycles. The molecule has 10 nitrogen and oxygen atoms in total. The summed E-state index contributed by atoms with van der Waals surface area (Å²) in [7, 11) is -4.16. The highest BCUT2D eigenvalue weighted by Crippen LogP contribution is 2.45. The van der Waals surface area contributed by atoms with Crippen molar-refractivity contribution in [1.82, 2.24) is 18.8 Å². The van der Waals surface area contributed by atoms with E-state index in [9.17, 15) is 22.4 Å². The number of nitrogens with two attached hydrogens (primary N) is 1. The number of halogens is 3. The van der Waals surface area contributed by atoms with E-state index in [1.165, 1.54) is 43.1 Å². The second kappa shape index (κ2) is 11.2. The average molecular weight is 658 g/mol. The number of imidazole rings is 1. The third kappa shape index (κ3) is 5.21. The maximum absolute atomic E-state index is 14.3. The summed E-state index contributed by atoms with van der Waals surface area (Å²) in [4.78, 5) is 33.1. The summed E-state index contributed by atoms with van der Waals surface area (Å²) in [5, 5.41) is 0.420. The van der Waals surface area contributed by atoms with E-state index < -0.39 is 27.5 Å². The van der Waals surface area contributed by atoms with Crippen molar-refractivity contribution < 1.29 is 22.4 Å². The normalized spacial score (nSPS) is 19.0. The van der Waals surface area contributed by atoms with E-state index in [4.69, 9.17) is 28.9 Å². The Morgan fingerprint density at radius 3 is 2.25 bits per heavy atom. The first-order chi connectivity index (χ1) is 20.9. The van der Waals surface area contributed by atoms with Gasteiger partial charge in [-0.15, -0.1) is 0 Å². The Hall–Kier alpha value is -3.97. The molecule has 4 aromatic rings. The van der Waals surface area contributed by atoms with Crippen LogP contribution in [0.4, 0.5) is 20.8 Å². The van der Waals surface area contributed by atoms with E-state index >= 15 is 0 Å². The fraction of sp³-hybridized carbons (Fsp3) is 0.233. The van der Waals surface area contributed by atoms with Crippen molar-refractivity contribution in [1.29, 1.82) is 0 Å². The molecular formula is C30H27Cl2FN6O4S. The molecule has 1 atom stereocenters. The molecule has 1 unspecified atom stereocenters. The van der Waals surface area contributed by atoms with Gasteiger partial charge in [0.25, 0.3) is 15.9 Å². The first kappa shape index (κ1) is 30.1. The lowest BCUT2D eigenvalue weighted by Gasteiger charge is -2.33. The van der Waals surface area contributed by atoms with Gasteiger partial charge in [0.1, 0.15) is 11.4 Å². The lowest BCUT2D eigenvalue weighted by atomic mass is 9.91. The molecule has 14 heteroatoms. The molecule has 1 fully saturated rings. The highest BCUT2D eigenvalue weighted by atomic mass is 35.5. The summed E-state index contributed by atoms with van der Waals surface area (Å²) in [6.45, 7) is 2.00. The van der Waals surface area contributed by atoms with Crippen LogP contribution in [0.2, 0.25) is 10.0 Å². The van der Waals surface area contributed by atoms with E-state index in [1.54, 1.807) is 31.2 Å². The van der Waals surface area contributed by atoms with Gasteiger partial charge >= 0.3 is 6.03 Å². The molecule has 3 aromatic carbocycles. The monoisotopic (exact) mass is 656 g/mol. The van der Waals surface area contributed by atoms with Gasteiger partial charge in [-0.05, 0) is 53.9 Å². The van der Waals surface area contributed by atoms with Gasteiger partial charge in [0.05, 0.1) is 11.9 Å². The zero-order valence-corrected chi connectivity index (χ0v) is 25.8. The number of nitrogens with zero attached hydrogens (tertiary/aromatic N) is 5. The van der Waals surface area contributed by atoms with Crippen LogP contribution in [0.15, 0.2) is 78.0 Å². The first-order valence-corrected chi connectivity index (χ1v) is 15.9. The lowest BCUT2D eigenvalue weighted by Crippen LogP contribution is -2.52. The molecule has 0 saturated carbocycles. The number of benzene rings is 3. The second-order valence-corrected chi connectivity index (χ2v) is 13.6. The van der Waals surface area contributed by atoms with Crippen LogP contribution in [0, 0.1) is 5.82 Å². The van der Waals surface area contributed by atoms with Crippen LogP contribution < -0.4 is 10.6 Å². The number of anilines is 2. The Labute approximate surface area is 263 Å². The largest absolute Gasteiger partial charge is 0.351 e. The molecule has 0 bridgehead atoms. The summed E-state index contributed by atoms with van der Waals surface area (Å²) < 4.78 is 44.6. The van der Waals surface area contributed by atoms with E-state index in [0.717, 1.165) is 11.1 Å². The SMILES string of the molecule is CC1(Cc2ccc(-c3cccc(F)c3)cc2)C(=O)N(c2cc(Cl)cc(Cl)c2)c2ncc(S(=O)(=O)N3CCN(C(N)=O)CC3)n21. The predicted octanol–water partition coefficient (Wildman–Crippen LogP) is 5.02. The van der Waals surface area contributed by atoms with Gasteiger partial charge in [-0.2, -0.15) is 4.31 Å². The highest BCUT2D eigenvalue weighted by molar-refractivity contribution is 7.89. The molecule has 2 aliphatic heterocycles. The lowest BCUT2D eigenvalue weighted by molar-refractivity contribution is -0.124. The van der Waals surface area contributed by atoms with Crippen molar-refractivity contribution in [2.24, 2.45) is 5.73 Å². The Kier molecular flexibility index (Phi) is 7.65. The number of fused-ring (bicyclic) bond motifs is 1. The number of carbonyl (C=O) groups excluding carboxylic acids is 2. The predicted molar refractivity (Wildman–Crippen MR) is 165 cm³/mol. The van der Waals surface area contributed by atoms with Gasteiger partial charge in [0, 0.05) is 42.6 Å². The molecule has 44 heavy (non-hydrogen) atoms. The zero-order valence-electron chi connectivity index (χ0n) is 23.5. The van der Waals surface area contributed by atoms with Crippen LogP contribution in [-0.4, -0.2) is 65.3 Å². The molecule has 3 heterocycles. The molecule has 6 rings (SSSR count). The summed E-state index contributed by atoms with van der Waals surface area (Å²) in [5.41, 5.74) is 6.51. The Balaban J connectivity index is 1.42. The maximum Gasteiger partial charge on any atom is 0.314 e. The number of urea groups is 1. The minimum absolute atomic E-state index is 0.0333. The third-order valence-electron chi connectivity index (χ3n) is 7.99. The van der Waals surface area contributed by atoms with Crippen LogP contribution >= 0.6 is 23.2 Å². The minimum atomic E-state index is -4.16. The third-order valence-corrected chi connectivity index (χ3v) is 10.3. The molecule has 1 aromatic heterocycles. The molecule has 1 saturated heterocycles. The van der Waals surface area contributed by atoms with Crippen molar-refractivity contribution in [2.75, 3.05) is 31.1 Å². The van der Waals surface area contributed by atoms with Gasteiger partial charge in [-0.3, -0.25) is 9.36 Å². The van der Waals surface area contributed by atoms with Gasteiger partial charge in [-0.25, -0.2) is 27.5 Å². The molecule has 0 radical (unpaired) electrons. The van der Waals surface area contributed by atoms with Crippen LogP contribution in [0.1, 0.15) is 12.5 Å². The zero-order chi connectivity index (χ0) is 31.4. The van der Waals surface area contributed by atoms with Crippen LogP contribution in [0.25, 0.3) is 11.1 Å². The number of carbonyl (C=O) groups is 2. The van der Waals surface area contributed by atoms with Crippen molar-refractivity contribution in [3.8, 4) is 11.1 Å². The van der Waals surface area contributed by atoms with Crippen LogP contribution in [0.3, 0.4) is 0 Å². The molecule has 3 amide bonds. The fourth-order valence-corrected chi connectivity index (χ4v) is 7.90.